The van der Waals surface area contributed by atoms with Gasteiger partial charge in [0.2, 0.25) is 5.91 Å². The Morgan fingerprint density at radius 1 is 1.22 bits per heavy atom. The first kappa shape index (κ1) is 13.9. The number of nitrogens with one attached hydrogen (secondary N) is 1. The maximum Gasteiger partial charge on any atom is 0.244 e. The van der Waals surface area contributed by atoms with Gasteiger partial charge in [-0.15, -0.1) is 0 Å². The predicted molar refractivity (Wildman–Crippen MR) is 74.1 cm³/mol. The van der Waals surface area contributed by atoms with Crippen LogP contribution in [0.4, 0.5) is 0 Å². The van der Waals surface area contributed by atoms with Crippen LogP contribution in [0.1, 0.15) is 60.3 Å². The first-order valence-corrected chi connectivity index (χ1v) is 7.48. The molecule has 3 heteroatoms. The third kappa shape index (κ3) is 2.42. The molecule has 2 atom stereocenters. The Balaban J connectivity index is 2.05. The zero-order chi connectivity index (χ0) is 13.5. The van der Waals surface area contributed by atoms with Crippen LogP contribution in [0.2, 0.25) is 0 Å². The fraction of sp³-hybridized carbons (Fsp3) is 0.933. The summed E-state index contributed by atoms with van der Waals surface area (Å²) in [6, 6.07) is 0.361. The molecular weight excluding hydrogens is 224 g/mol. The highest BCUT2D eigenvalue weighted by atomic mass is 16.2. The molecule has 2 aliphatic rings. The molecule has 1 amide bonds. The molecule has 2 unspecified atom stereocenters. The van der Waals surface area contributed by atoms with E-state index in [4.69, 9.17) is 0 Å². The van der Waals surface area contributed by atoms with Crippen LogP contribution in [0, 0.1) is 11.8 Å². The minimum absolute atomic E-state index is 0.166. The summed E-state index contributed by atoms with van der Waals surface area (Å²) in [7, 11) is 0. The maximum atomic E-state index is 12.6. The summed E-state index contributed by atoms with van der Waals surface area (Å²) < 4.78 is 0. The monoisotopic (exact) mass is 252 g/mol. The molecule has 1 saturated carbocycles. The van der Waals surface area contributed by atoms with Gasteiger partial charge in [-0.1, -0.05) is 27.7 Å². The van der Waals surface area contributed by atoms with Gasteiger partial charge in [0.25, 0.3) is 0 Å². The van der Waals surface area contributed by atoms with Gasteiger partial charge in [0, 0.05) is 6.04 Å². The third-order valence-electron chi connectivity index (χ3n) is 4.39. The van der Waals surface area contributed by atoms with Gasteiger partial charge in [-0.2, -0.15) is 0 Å². The van der Waals surface area contributed by atoms with Crippen molar-refractivity contribution in [2.45, 2.75) is 78.0 Å². The average molecular weight is 252 g/mol. The van der Waals surface area contributed by atoms with Crippen LogP contribution < -0.4 is 5.32 Å². The molecule has 1 N–H and O–H groups in total. The number of rotatable bonds is 5. The Kier molecular flexibility index (Phi) is 3.72. The SMILES string of the molecule is CC(C)CCC(C)N1C(=O)C2(CC2)NC1C(C)C. The van der Waals surface area contributed by atoms with E-state index in [2.05, 4.69) is 44.8 Å². The number of hydrogen-bond acceptors (Lipinski definition) is 2. The summed E-state index contributed by atoms with van der Waals surface area (Å²) in [5.41, 5.74) is -0.166. The van der Waals surface area contributed by atoms with Crippen LogP contribution in [-0.4, -0.2) is 28.6 Å². The number of hydrogen-bond donors (Lipinski definition) is 1. The predicted octanol–water partition coefficient (Wildman–Crippen LogP) is 2.76. The lowest BCUT2D eigenvalue weighted by Crippen LogP contribution is -2.46. The maximum absolute atomic E-state index is 12.6. The Bertz CT molecular complexity index is 320. The van der Waals surface area contributed by atoms with Crippen molar-refractivity contribution in [1.29, 1.82) is 0 Å². The molecule has 18 heavy (non-hydrogen) atoms. The van der Waals surface area contributed by atoms with Crippen LogP contribution in [-0.2, 0) is 4.79 Å². The van der Waals surface area contributed by atoms with E-state index < -0.39 is 0 Å². The van der Waals surface area contributed by atoms with Crippen molar-refractivity contribution in [2.24, 2.45) is 11.8 Å². The van der Waals surface area contributed by atoms with E-state index in [0.717, 1.165) is 19.3 Å². The van der Waals surface area contributed by atoms with Crippen LogP contribution in [0.3, 0.4) is 0 Å². The molecule has 3 nitrogen and oxygen atoms in total. The lowest BCUT2D eigenvalue weighted by atomic mass is 10.0. The minimum atomic E-state index is -0.166. The number of amides is 1. The summed E-state index contributed by atoms with van der Waals surface area (Å²) in [6.45, 7) is 11.1. The summed E-state index contributed by atoms with van der Waals surface area (Å²) in [4.78, 5) is 14.7. The Hall–Kier alpha value is -0.570. The molecular formula is C15H28N2O. The van der Waals surface area contributed by atoms with Crippen molar-refractivity contribution in [3.05, 3.63) is 0 Å². The number of carbonyl (C=O) groups is 1. The van der Waals surface area contributed by atoms with E-state index in [1.807, 2.05) is 0 Å². The second-order valence-electron chi connectivity index (χ2n) is 6.95. The molecule has 1 spiro atoms. The van der Waals surface area contributed by atoms with Gasteiger partial charge < -0.3 is 4.90 Å². The van der Waals surface area contributed by atoms with Gasteiger partial charge in [-0.05, 0) is 44.4 Å². The normalized spacial score (nSPS) is 27.6. The zero-order valence-corrected chi connectivity index (χ0v) is 12.5. The van der Waals surface area contributed by atoms with Gasteiger partial charge in [0.05, 0.1) is 11.7 Å². The van der Waals surface area contributed by atoms with E-state index >= 15 is 0 Å². The van der Waals surface area contributed by atoms with Crippen molar-refractivity contribution < 1.29 is 4.79 Å². The molecule has 0 aromatic heterocycles. The van der Waals surface area contributed by atoms with Crippen molar-refractivity contribution in [3.63, 3.8) is 0 Å². The van der Waals surface area contributed by atoms with Crippen LogP contribution >= 0.6 is 0 Å². The van der Waals surface area contributed by atoms with E-state index in [-0.39, 0.29) is 11.7 Å². The fourth-order valence-corrected chi connectivity index (χ4v) is 2.95. The molecule has 0 aromatic rings. The average Bonchev–Trinajstić information content (AvgIpc) is 2.99. The standard InChI is InChI=1S/C15H28N2O/c1-10(2)6-7-12(5)17-13(11(3)4)16-15(8-9-15)14(17)18/h10-13,16H,6-9H2,1-5H3. The van der Waals surface area contributed by atoms with E-state index in [1.54, 1.807) is 0 Å². The molecule has 1 heterocycles. The summed E-state index contributed by atoms with van der Waals surface area (Å²) in [5.74, 6) is 1.55. The molecule has 2 rings (SSSR count). The van der Waals surface area contributed by atoms with Crippen LogP contribution in [0.25, 0.3) is 0 Å². The summed E-state index contributed by atoms with van der Waals surface area (Å²) in [6.07, 6.45) is 4.61. The largest absolute Gasteiger partial charge is 0.323 e. The highest BCUT2D eigenvalue weighted by molar-refractivity contribution is 5.92. The van der Waals surface area contributed by atoms with Gasteiger partial charge in [0.15, 0.2) is 0 Å². The van der Waals surface area contributed by atoms with Crippen LogP contribution in [0.15, 0.2) is 0 Å². The second-order valence-corrected chi connectivity index (χ2v) is 6.95. The van der Waals surface area contributed by atoms with E-state index in [0.29, 0.717) is 23.8 Å². The zero-order valence-electron chi connectivity index (χ0n) is 12.5. The number of carbonyl (C=O) groups excluding carboxylic acids is 1. The van der Waals surface area contributed by atoms with Gasteiger partial charge in [0.1, 0.15) is 0 Å². The molecule has 104 valence electrons. The Labute approximate surface area is 111 Å². The molecule has 1 aliphatic heterocycles. The van der Waals surface area contributed by atoms with Gasteiger partial charge in [-0.25, -0.2) is 0 Å². The quantitative estimate of drug-likeness (QED) is 0.816. The molecule has 0 bridgehead atoms. The summed E-state index contributed by atoms with van der Waals surface area (Å²) >= 11 is 0. The smallest absolute Gasteiger partial charge is 0.244 e. The van der Waals surface area contributed by atoms with Gasteiger partial charge in [-0.3, -0.25) is 10.1 Å². The first-order chi connectivity index (χ1) is 8.37. The highest BCUT2D eigenvalue weighted by Crippen LogP contribution is 2.44. The van der Waals surface area contributed by atoms with Crippen molar-refractivity contribution >= 4 is 5.91 Å². The molecule has 1 saturated heterocycles. The van der Waals surface area contributed by atoms with E-state index in [1.165, 1.54) is 6.42 Å². The molecule has 1 aliphatic carbocycles. The fourth-order valence-electron chi connectivity index (χ4n) is 2.95. The minimum Gasteiger partial charge on any atom is -0.323 e. The lowest BCUT2D eigenvalue weighted by Gasteiger charge is -2.33. The van der Waals surface area contributed by atoms with Crippen LogP contribution in [0.5, 0.6) is 0 Å². The molecule has 2 fully saturated rings. The number of nitrogens with zero attached hydrogens (tertiary/aromatic N) is 1. The van der Waals surface area contributed by atoms with Crippen molar-refractivity contribution in [1.82, 2.24) is 10.2 Å². The first-order valence-electron chi connectivity index (χ1n) is 7.48. The molecule has 0 aromatic carbocycles. The second kappa shape index (κ2) is 4.84. The summed E-state index contributed by atoms with van der Waals surface area (Å²) in [5, 5.41) is 3.59. The van der Waals surface area contributed by atoms with Crippen molar-refractivity contribution in [2.75, 3.05) is 0 Å². The van der Waals surface area contributed by atoms with Crippen molar-refractivity contribution in [3.8, 4) is 0 Å². The third-order valence-corrected chi connectivity index (χ3v) is 4.39. The molecule has 0 radical (unpaired) electrons. The van der Waals surface area contributed by atoms with Gasteiger partial charge >= 0.3 is 0 Å². The Morgan fingerprint density at radius 3 is 2.28 bits per heavy atom. The topological polar surface area (TPSA) is 32.3 Å². The lowest BCUT2D eigenvalue weighted by molar-refractivity contribution is -0.133. The highest BCUT2D eigenvalue weighted by Gasteiger charge is 2.60. The Morgan fingerprint density at radius 2 is 1.83 bits per heavy atom. The van der Waals surface area contributed by atoms with E-state index in [9.17, 15) is 4.79 Å².